The summed E-state index contributed by atoms with van der Waals surface area (Å²) in [5.74, 6) is 0. The van der Waals surface area contributed by atoms with Crippen LogP contribution in [0.3, 0.4) is 0 Å². The van der Waals surface area contributed by atoms with Gasteiger partial charge in [-0.1, -0.05) is 39.5 Å². The fourth-order valence-electron chi connectivity index (χ4n) is 1.95. The van der Waals surface area contributed by atoms with Crippen molar-refractivity contribution in [3.63, 3.8) is 0 Å². The molecule has 90 valence electrons. The summed E-state index contributed by atoms with van der Waals surface area (Å²) in [6, 6.07) is 0. The van der Waals surface area contributed by atoms with Crippen LogP contribution in [-0.2, 0) is 12.8 Å². The molecule has 1 aromatic heterocycles. The third-order valence-electron chi connectivity index (χ3n) is 3.01. The van der Waals surface area contributed by atoms with Gasteiger partial charge in [0.2, 0.25) is 0 Å². The van der Waals surface area contributed by atoms with Gasteiger partial charge < -0.3 is 0 Å². The zero-order chi connectivity index (χ0) is 11.6. The average Bonchev–Trinajstić information content (AvgIpc) is 2.32. The second-order valence-corrected chi connectivity index (χ2v) is 4.45. The van der Waals surface area contributed by atoms with Gasteiger partial charge in [-0.25, -0.2) is 0 Å². The van der Waals surface area contributed by atoms with E-state index in [0.717, 1.165) is 0 Å². The standard InChI is InChI=1S/C14H24N2/c1-3-5-7-9-13-11-15-16-12-14(13)10-8-6-4-2/h11-12H,3-10H2,1-2H3. The molecule has 0 saturated heterocycles. The summed E-state index contributed by atoms with van der Waals surface area (Å²) in [7, 11) is 0. The van der Waals surface area contributed by atoms with Crippen molar-refractivity contribution in [2.24, 2.45) is 0 Å². The highest BCUT2D eigenvalue weighted by Crippen LogP contribution is 2.13. The molecule has 0 aliphatic carbocycles. The minimum Gasteiger partial charge on any atom is -0.159 e. The summed E-state index contributed by atoms with van der Waals surface area (Å²) in [5.41, 5.74) is 2.83. The van der Waals surface area contributed by atoms with Crippen molar-refractivity contribution in [2.75, 3.05) is 0 Å². The summed E-state index contributed by atoms with van der Waals surface area (Å²) in [6.45, 7) is 4.49. The molecule has 0 aliphatic heterocycles. The van der Waals surface area contributed by atoms with Gasteiger partial charge in [-0.3, -0.25) is 0 Å². The van der Waals surface area contributed by atoms with Gasteiger partial charge in [0.05, 0.1) is 12.4 Å². The van der Waals surface area contributed by atoms with Gasteiger partial charge in [-0.15, -0.1) is 0 Å². The van der Waals surface area contributed by atoms with E-state index in [1.165, 1.54) is 62.5 Å². The van der Waals surface area contributed by atoms with Crippen molar-refractivity contribution in [3.05, 3.63) is 23.5 Å². The lowest BCUT2D eigenvalue weighted by molar-refractivity contribution is 0.687. The van der Waals surface area contributed by atoms with Crippen molar-refractivity contribution >= 4 is 0 Å². The SMILES string of the molecule is CCCCCc1cnncc1CCCCC. The van der Waals surface area contributed by atoms with Crippen LogP contribution in [0.15, 0.2) is 12.4 Å². The van der Waals surface area contributed by atoms with Crippen LogP contribution < -0.4 is 0 Å². The molecule has 0 saturated carbocycles. The number of unbranched alkanes of at least 4 members (excludes halogenated alkanes) is 4. The van der Waals surface area contributed by atoms with Gasteiger partial charge in [0, 0.05) is 0 Å². The fourth-order valence-corrected chi connectivity index (χ4v) is 1.95. The maximum absolute atomic E-state index is 4.00. The number of rotatable bonds is 8. The quantitative estimate of drug-likeness (QED) is 0.620. The first-order valence-electron chi connectivity index (χ1n) is 6.67. The maximum Gasteiger partial charge on any atom is 0.0530 e. The molecule has 0 bridgehead atoms. The molecule has 0 fully saturated rings. The van der Waals surface area contributed by atoms with Crippen LogP contribution >= 0.6 is 0 Å². The Morgan fingerprint density at radius 1 is 0.750 bits per heavy atom. The van der Waals surface area contributed by atoms with E-state index in [4.69, 9.17) is 0 Å². The summed E-state index contributed by atoms with van der Waals surface area (Å²) in [4.78, 5) is 0. The van der Waals surface area contributed by atoms with Crippen LogP contribution in [0.4, 0.5) is 0 Å². The fraction of sp³-hybridized carbons (Fsp3) is 0.714. The summed E-state index contributed by atoms with van der Waals surface area (Å²) in [5, 5.41) is 8.00. The molecule has 0 atom stereocenters. The van der Waals surface area contributed by atoms with Crippen molar-refractivity contribution in [2.45, 2.75) is 65.2 Å². The van der Waals surface area contributed by atoms with Gasteiger partial charge in [-0.2, -0.15) is 10.2 Å². The van der Waals surface area contributed by atoms with E-state index in [0.29, 0.717) is 0 Å². The average molecular weight is 220 g/mol. The number of nitrogens with zero attached hydrogens (tertiary/aromatic N) is 2. The van der Waals surface area contributed by atoms with Gasteiger partial charge in [0.1, 0.15) is 0 Å². The Morgan fingerprint density at radius 2 is 1.19 bits per heavy atom. The van der Waals surface area contributed by atoms with Gasteiger partial charge in [0.25, 0.3) is 0 Å². The van der Waals surface area contributed by atoms with Crippen molar-refractivity contribution < 1.29 is 0 Å². The number of hydrogen-bond donors (Lipinski definition) is 0. The molecule has 2 heteroatoms. The zero-order valence-corrected chi connectivity index (χ0v) is 10.7. The Morgan fingerprint density at radius 3 is 1.56 bits per heavy atom. The van der Waals surface area contributed by atoms with Crippen LogP contribution in [0.5, 0.6) is 0 Å². The van der Waals surface area contributed by atoms with E-state index in [-0.39, 0.29) is 0 Å². The van der Waals surface area contributed by atoms with Crippen LogP contribution in [0.1, 0.15) is 63.5 Å². The molecule has 1 aromatic rings. The largest absolute Gasteiger partial charge is 0.159 e. The van der Waals surface area contributed by atoms with E-state index in [1.54, 1.807) is 0 Å². The molecule has 16 heavy (non-hydrogen) atoms. The topological polar surface area (TPSA) is 25.8 Å². The number of aryl methyl sites for hydroxylation is 2. The number of aromatic nitrogens is 2. The summed E-state index contributed by atoms with van der Waals surface area (Å²) >= 11 is 0. The minimum absolute atomic E-state index is 1.17. The van der Waals surface area contributed by atoms with Gasteiger partial charge in [0.15, 0.2) is 0 Å². The highest BCUT2D eigenvalue weighted by Gasteiger charge is 2.02. The lowest BCUT2D eigenvalue weighted by Crippen LogP contribution is -1.98. The van der Waals surface area contributed by atoms with E-state index in [2.05, 4.69) is 24.0 Å². The van der Waals surface area contributed by atoms with Gasteiger partial charge in [-0.05, 0) is 36.8 Å². The molecule has 0 spiro atoms. The van der Waals surface area contributed by atoms with Gasteiger partial charge >= 0.3 is 0 Å². The highest BCUT2D eigenvalue weighted by molar-refractivity contribution is 5.20. The summed E-state index contributed by atoms with van der Waals surface area (Å²) in [6.07, 6.45) is 14.0. The molecule has 0 aromatic carbocycles. The van der Waals surface area contributed by atoms with Crippen molar-refractivity contribution in [3.8, 4) is 0 Å². The Hall–Kier alpha value is -0.920. The Labute approximate surface area is 99.5 Å². The Kier molecular flexibility index (Phi) is 6.78. The normalized spacial score (nSPS) is 10.6. The second-order valence-electron chi connectivity index (χ2n) is 4.45. The van der Waals surface area contributed by atoms with Crippen LogP contribution in [0.25, 0.3) is 0 Å². The van der Waals surface area contributed by atoms with Crippen LogP contribution in [0, 0.1) is 0 Å². The first-order chi connectivity index (χ1) is 7.88. The minimum atomic E-state index is 1.17. The third-order valence-corrected chi connectivity index (χ3v) is 3.01. The van der Waals surface area contributed by atoms with E-state index in [1.807, 2.05) is 12.4 Å². The maximum atomic E-state index is 4.00. The molecular formula is C14H24N2. The molecule has 0 unspecified atom stereocenters. The van der Waals surface area contributed by atoms with E-state index in [9.17, 15) is 0 Å². The molecule has 0 N–H and O–H groups in total. The first-order valence-corrected chi connectivity index (χ1v) is 6.67. The van der Waals surface area contributed by atoms with Crippen molar-refractivity contribution in [1.29, 1.82) is 0 Å². The van der Waals surface area contributed by atoms with Crippen LogP contribution in [-0.4, -0.2) is 10.2 Å². The van der Waals surface area contributed by atoms with E-state index < -0.39 is 0 Å². The lowest BCUT2D eigenvalue weighted by Gasteiger charge is -2.07. The highest BCUT2D eigenvalue weighted by atomic mass is 15.1. The zero-order valence-electron chi connectivity index (χ0n) is 10.7. The Balaban J connectivity index is 2.46. The molecular weight excluding hydrogens is 196 g/mol. The molecule has 2 nitrogen and oxygen atoms in total. The second kappa shape index (κ2) is 8.26. The Bertz CT molecular complexity index is 255. The molecule has 1 rings (SSSR count). The van der Waals surface area contributed by atoms with Crippen LogP contribution in [0.2, 0.25) is 0 Å². The molecule has 1 heterocycles. The number of hydrogen-bond acceptors (Lipinski definition) is 2. The van der Waals surface area contributed by atoms with E-state index >= 15 is 0 Å². The smallest absolute Gasteiger partial charge is 0.0530 e. The lowest BCUT2D eigenvalue weighted by atomic mass is 10.0. The molecule has 0 aliphatic rings. The molecule has 0 amide bonds. The monoisotopic (exact) mass is 220 g/mol. The predicted molar refractivity (Wildman–Crippen MR) is 68.5 cm³/mol. The first kappa shape index (κ1) is 13.1. The van der Waals surface area contributed by atoms with Crippen molar-refractivity contribution in [1.82, 2.24) is 10.2 Å². The predicted octanol–water partition coefficient (Wildman–Crippen LogP) is 3.94. The molecule has 0 radical (unpaired) electrons. The third kappa shape index (κ3) is 4.73. The summed E-state index contributed by atoms with van der Waals surface area (Å²) < 4.78 is 0.